The first-order valence-electron chi connectivity index (χ1n) is 2.80. The van der Waals surface area contributed by atoms with E-state index in [1.165, 1.54) is 11.3 Å². The van der Waals surface area contributed by atoms with Crippen LogP contribution in [-0.2, 0) is 4.79 Å². The van der Waals surface area contributed by atoms with Gasteiger partial charge in [0.15, 0.2) is 0 Å². The molecule has 0 bridgehead atoms. The minimum absolute atomic E-state index is 0.0501. The lowest BCUT2D eigenvalue weighted by molar-refractivity contribution is -0.107. The highest BCUT2D eigenvalue weighted by molar-refractivity contribution is 7.11. The Morgan fingerprint density at radius 2 is 2.27 bits per heavy atom. The molecule has 0 atom stereocenters. The molecular formula is C7H4Cl2OS. The van der Waals surface area contributed by atoms with Gasteiger partial charge in [-0.05, 0) is 29.1 Å². The van der Waals surface area contributed by atoms with Gasteiger partial charge in [-0.25, -0.2) is 0 Å². The molecule has 1 aromatic heterocycles. The van der Waals surface area contributed by atoms with Gasteiger partial charge in [0, 0.05) is 4.88 Å². The smallest absolute Gasteiger partial charge is 0.263 e. The first kappa shape index (κ1) is 8.78. The quantitative estimate of drug-likeness (QED) is 0.537. The van der Waals surface area contributed by atoms with Crippen LogP contribution in [0.1, 0.15) is 4.88 Å². The Bertz CT molecular complexity index is 277. The van der Waals surface area contributed by atoms with Gasteiger partial charge in [0.1, 0.15) is 5.03 Å². The largest absolute Gasteiger partial charge is 0.275 e. The zero-order chi connectivity index (χ0) is 8.27. The topological polar surface area (TPSA) is 17.1 Å². The molecule has 4 heteroatoms. The second-order valence-corrected chi connectivity index (χ2v) is 3.51. The number of carbonyl (C=O) groups is 1. The van der Waals surface area contributed by atoms with Crippen molar-refractivity contribution >= 4 is 45.9 Å². The van der Waals surface area contributed by atoms with E-state index in [2.05, 4.69) is 0 Å². The van der Waals surface area contributed by atoms with E-state index in [1.54, 1.807) is 6.08 Å². The average Bonchev–Trinajstić information content (AvgIpc) is 2.39. The summed E-state index contributed by atoms with van der Waals surface area (Å²) in [7, 11) is 0. The first-order valence-corrected chi connectivity index (χ1v) is 4.44. The van der Waals surface area contributed by atoms with Crippen molar-refractivity contribution < 1.29 is 4.79 Å². The molecule has 0 fully saturated rings. The van der Waals surface area contributed by atoms with Crippen LogP contribution in [0, 0.1) is 0 Å². The van der Waals surface area contributed by atoms with Crippen LogP contribution in [-0.4, -0.2) is 5.24 Å². The summed E-state index contributed by atoms with van der Waals surface area (Å²) in [5.41, 5.74) is 0. The molecule has 0 saturated heterocycles. The van der Waals surface area contributed by atoms with E-state index < -0.39 is 5.24 Å². The lowest BCUT2D eigenvalue weighted by Gasteiger charge is -1.86. The Labute approximate surface area is 78.2 Å². The predicted octanol–water partition coefficient (Wildman–Crippen LogP) is 3.09. The minimum Gasteiger partial charge on any atom is -0.275 e. The van der Waals surface area contributed by atoms with Crippen LogP contribution in [0.25, 0.3) is 6.08 Å². The highest BCUT2D eigenvalue weighted by atomic mass is 35.5. The van der Waals surface area contributed by atoms with Gasteiger partial charge in [0.05, 0.1) is 0 Å². The molecule has 0 aromatic carbocycles. The highest BCUT2D eigenvalue weighted by Crippen LogP contribution is 2.16. The fourth-order valence-electron chi connectivity index (χ4n) is 0.555. The van der Waals surface area contributed by atoms with Gasteiger partial charge in [-0.3, -0.25) is 4.79 Å². The molecule has 11 heavy (non-hydrogen) atoms. The number of carbonyl (C=O) groups excluding carboxylic acids is 1. The van der Waals surface area contributed by atoms with Crippen molar-refractivity contribution in [2.45, 2.75) is 0 Å². The second-order valence-electron chi connectivity index (χ2n) is 1.78. The molecule has 58 valence electrons. The number of hydrogen-bond acceptors (Lipinski definition) is 2. The summed E-state index contributed by atoms with van der Waals surface area (Å²) in [6.07, 6.45) is 1.54. The molecule has 0 aliphatic heterocycles. The Balaban J connectivity index is 2.82. The Morgan fingerprint density at radius 3 is 2.73 bits per heavy atom. The minimum atomic E-state index is -0.625. The van der Waals surface area contributed by atoms with Gasteiger partial charge in [0.25, 0.3) is 5.24 Å². The van der Waals surface area contributed by atoms with Crippen LogP contribution < -0.4 is 0 Å². The average molecular weight is 207 g/mol. The molecule has 1 rings (SSSR count). The van der Waals surface area contributed by atoms with Crippen LogP contribution in [0.2, 0.25) is 0 Å². The van der Waals surface area contributed by atoms with Crippen molar-refractivity contribution in [1.82, 2.24) is 0 Å². The summed E-state index contributed by atoms with van der Waals surface area (Å²) in [6.45, 7) is 0. The van der Waals surface area contributed by atoms with Crippen LogP contribution in [0.3, 0.4) is 0 Å². The third kappa shape index (κ3) is 2.66. The molecular weight excluding hydrogens is 203 g/mol. The molecule has 0 amide bonds. The van der Waals surface area contributed by atoms with Gasteiger partial charge in [-0.1, -0.05) is 17.7 Å². The van der Waals surface area contributed by atoms with Crippen LogP contribution in [0.4, 0.5) is 0 Å². The first-order chi connectivity index (χ1) is 5.20. The van der Waals surface area contributed by atoms with Crippen LogP contribution in [0.15, 0.2) is 22.5 Å². The molecule has 1 nitrogen and oxygen atoms in total. The summed E-state index contributed by atoms with van der Waals surface area (Å²) in [4.78, 5) is 11.4. The van der Waals surface area contributed by atoms with E-state index in [-0.39, 0.29) is 5.03 Å². The Morgan fingerprint density at radius 1 is 1.55 bits per heavy atom. The van der Waals surface area contributed by atoms with Crippen molar-refractivity contribution in [1.29, 1.82) is 0 Å². The standard InChI is InChI=1S/C7H4Cl2OS/c8-6(7(9)10)4-5-2-1-3-11-5/h1-4H. The highest BCUT2D eigenvalue weighted by Gasteiger charge is 2.01. The summed E-state index contributed by atoms with van der Waals surface area (Å²) in [6, 6.07) is 3.73. The van der Waals surface area contributed by atoms with E-state index in [0.717, 1.165) is 4.88 Å². The molecule has 1 heterocycles. The third-order valence-electron chi connectivity index (χ3n) is 1.000. The molecule has 0 N–H and O–H groups in total. The third-order valence-corrected chi connectivity index (χ3v) is 2.40. The normalized spacial score (nSPS) is 11.6. The van der Waals surface area contributed by atoms with Crippen molar-refractivity contribution in [3.05, 3.63) is 27.4 Å². The predicted molar refractivity (Wildman–Crippen MR) is 49.0 cm³/mol. The van der Waals surface area contributed by atoms with Gasteiger partial charge in [0.2, 0.25) is 0 Å². The molecule has 0 aliphatic carbocycles. The van der Waals surface area contributed by atoms with Gasteiger partial charge < -0.3 is 0 Å². The van der Waals surface area contributed by atoms with Crippen LogP contribution in [0.5, 0.6) is 0 Å². The van der Waals surface area contributed by atoms with Gasteiger partial charge in [-0.2, -0.15) is 0 Å². The Kier molecular flexibility index (Phi) is 3.12. The maximum absolute atomic E-state index is 10.4. The number of hydrogen-bond donors (Lipinski definition) is 0. The number of allylic oxidation sites excluding steroid dienone is 1. The summed E-state index contributed by atoms with van der Waals surface area (Å²) >= 11 is 12.1. The van der Waals surface area contributed by atoms with E-state index in [4.69, 9.17) is 23.2 Å². The number of thiophene rings is 1. The molecule has 0 spiro atoms. The number of halogens is 2. The van der Waals surface area contributed by atoms with Gasteiger partial charge >= 0.3 is 0 Å². The lowest BCUT2D eigenvalue weighted by atomic mass is 10.4. The molecule has 0 radical (unpaired) electrons. The summed E-state index contributed by atoms with van der Waals surface area (Å²) in [5, 5.41) is 1.32. The van der Waals surface area contributed by atoms with E-state index >= 15 is 0 Å². The fourth-order valence-corrected chi connectivity index (χ4v) is 1.45. The molecule has 0 saturated carbocycles. The van der Waals surface area contributed by atoms with Gasteiger partial charge in [-0.15, -0.1) is 11.3 Å². The molecule has 0 aliphatic rings. The number of rotatable bonds is 2. The SMILES string of the molecule is O=C(Cl)C(Cl)=Cc1cccs1. The van der Waals surface area contributed by atoms with Crippen LogP contribution >= 0.6 is 34.5 Å². The zero-order valence-electron chi connectivity index (χ0n) is 5.38. The van der Waals surface area contributed by atoms with E-state index in [0.29, 0.717) is 0 Å². The lowest BCUT2D eigenvalue weighted by Crippen LogP contribution is -1.82. The summed E-state index contributed by atoms with van der Waals surface area (Å²) in [5.74, 6) is 0. The van der Waals surface area contributed by atoms with E-state index in [1.807, 2.05) is 17.5 Å². The van der Waals surface area contributed by atoms with E-state index in [9.17, 15) is 4.79 Å². The maximum atomic E-state index is 10.4. The van der Waals surface area contributed by atoms with Crippen molar-refractivity contribution in [3.63, 3.8) is 0 Å². The van der Waals surface area contributed by atoms with Crippen molar-refractivity contribution in [3.8, 4) is 0 Å². The van der Waals surface area contributed by atoms with Crippen molar-refractivity contribution in [2.24, 2.45) is 0 Å². The molecule has 1 aromatic rings. The molecule has 0 unspecified atom stereocenters. The van der Waals surface area contributed by atoms with Crippen molar-refractivity contribution in [2.75, 3.05) is 0 Å². The second kappa shape index (κ2) is 3.90. The fraction of sp³-hybridized carbons (Fsp3) is 0. The Hall–Kier alpha value is -0.310. The zero-order valence-corrected chi connectivity index (χ0v) is 7.71. The summed E-state index contributed by atoms with van der Waals surface area (Å²) < 4.78 is 0. The monoisotopic (exact) mass is 206 g/mol. The maximum Gasteiger partial charge on any atom is 0.263 e.